The van der Waals surface area contributed by atoms with E-state index >= 15 is 0 Å². The van der Waals surface area contributed by atoms with Gasteiger partial charge in [-0.2, -0.15) is 0 Å². The molecule has 1 unspecified atom stereocenters. The van der Waals surface area contributed by atoms with Crippen LogP contribution in [0.3, 0.4) is 0 Å². The Bertz CT molecular complexity index is 534. The van der Waals surface area contributed by atoms with Crippen molar-refractivity contribution in [2.24, 2.45) is 5.92 Å². The monoisotopic (exact) mass is 258 g/mol. The van der Waals surface area contributed by atoms with E-state index in [0.29, 0.717) is 12.5 Å². The number of hydrogen-bond acceptors (Lipinski definition) is 2. The minimum atomic E-state index is 0.0127. The van der Waals surface area contributed by atoms with Gasteiger partial charge in [0.25, 0.3) is 0 Å². The van der Waals surface area contributed by atoms with Crippen molar-refractivity contribution in [1.29, 1.82) is 0 Å². The number of aliphatic hydroxyl groups excluding tert-OH is 1. The Morgan fingerprint density at radius 3 is 2.68 bits per heavy atom. The van der Waals surface area contributed by atoms with E-state index in [1.807, 2.05) is 30.3 Å². The lowest BCUT2D eigenvalue weighted by Gasteiger charge is -2.16. The summed E-state index contributed by atoms with van der Waals surface area (Å²) in [6.45, 7) is 5.10. The average molecular weight is 258 g/mol. The summed E-state index contributed by atoms with van der Waals surface area (Å²) >= 11 is 0. The zero-order valence-corrected chi connectivity index (χ0v) is 11.7. The maximum Gasteiger partial charge on any atom is 0.125 e. The van der Waals surface area contributed by atoms with Gasteiger partial charge in [0.2, 0.25) is 0 Å². The maximum absolute atomic E-state index is 9.61. The third-order valence-electron chi connectivity index (χ3n) is 3.46. The van der Waals surface area contributed by atoms with Crippen LogP contribution in [0.15, 0.2) is 36.4 Å². The van der Waals surface area contributed by atoms with E-state index in [4.69, 9.17) is 4.74 Å². The van der Waals surface area contributed by atoms with Crippen molar-refractivity contribution in [3.63, 3.8) is 0 Å². The van der Waals surface area contributed by atoms with Gasteiger partial charge in [0.05, 0.1) is 13.2 Å². The quantitative estimate of drug-likeness (QED) is 0.843. The molecule has 2 rings (SSSR count). The smallest absolute Gasteiger partial charge is 0.125 e. The molecule has 0 saturated heterocycles. The van der Waals surface area contributed by atoms with E-state index in [1.165, 1.54) is 12.8 Å². The zero-order chi connectivity index (χ0) is 13.7. The molecular weight excluding hydrogens is 236 g/mol. The lowest BCUT2D eigenvalue weighted by Crippen LogP contribution is -2.09. The predicted octanol–water partition coefficient (Wildman–Crippen LogP) is 4.15. The van der Waals surface area contributed by atoms with Gasteiger partial charge >= 0.3 is 0 Å². The summed E-state index contributed by atoms with van der Waals surface area (Å²) in [7, 11) is 0. The Balaban J connectivity index is 2.23. The molecule has 0 aromatic heterocycles. The number of ether oxygens (including phenoxy) is 1. The second kappa shape index (κ2) is 6.58. The van der Waals surface area contributed by atoms with Crippen LogP contribution in [0.4, 0.5) is 0 Å². The normalized spacial score (nSPS) is 12.6. The molecule has 0 radical (unpaired) electrons. The Morgan fingerprint density at radius 1 is 1.16 bits per heavy atom. The zero-order valence-electron chi connectivity index (χ0n) is 11.7. The Kier molecular flexibility index (Phi) is 4.80. The van der Waals surface area contributed by atoms with Crippen molar-refractivity contribution in [3.8, 4) is 5.75 Å². The largest absolute Gasteiger partial charge is 0.493 e. The molecule has 0 fully saturated rings. The molecular formula is C17H22O2. The van der Waals surface area contributed by atoms with Crippen LogP contribution in [0.1, 0.15) is 32.3 Å². The summed E-state index contributed by atoms with van der Waals surface area (Å²) in [4.78, 5) is 0. The number of fused-ring (bicyclic) bond motifs is 1. The fourth-order valence-corrected chi connectivity index (χ4v) is 2.42. The van der Waals surface area contributed by atoms with Gasteiger partial charge in [0.1, 0.15) is 5.75 Å². The van der Waals surface area contributed by atoms with Crippen molar-refractivity contribution in [2.45, 2.75) is 33.3 Å². The van der Waals surface area contributed by atoms with Gasteiger partial charge in [-0.1, -0.05) is 50.6 Å². The molecule has 2 aromatic rings. The molecule has 19 heavy (non-hydrogen) atoms. The first-order valence-electron chi connectivity index (χ1n) is 7.00. The highest BCUT2D eigenvalue weighted by Gasteiger charge is 2.09. The van der Waals surface area contributed by atoms with Crippen molar-refractivity contribution in [3.05, 3.63) is 42.0 Å². The number of benzene rings is 2. The van der Waals surface area contributed by atoms with E-state index < -0.39 is 0 Å². The highest BCUT2D eigenvalue weighted by atomic mass is 16.5. The second-order valence-electron chi connectivity index (χ2n) is 5.13. The minimum absolute atomic E-state index is 0.0127. The maximum atomic E-state index is 9.61. The third-order valence-corrected chi connectivity index (χ3v) is 3.46. The third kappa shape index (κ3) is 3.27. The molecule has 0 aliphatic carbocycles. The molecule has 2 heteroatoms. The van der Waals surface area contributed by atoms with Crippen LogP contribution < -0.4 is 4.74 Å². The van der Waals surface area contributed by atoms with Crippen LogP contribution in [0.2, 0.25) is 0 Å². The molecule has 0 aliphatic heterocycles. The first-order valence-corrected chi connectivity index (χ1v) is 7.00. The van der Waals surface area contributed by atoms with E-state index in [9.17, 15) is 5.11 Å². The van der Waals surface area contributed by atoms with E-state index in [-0.39, 0.29) is 6.61 Å². The molecule has 0 spiro atoms. The fourth-order valence-electron chi connectivity index (χ4n) is 2.42. The van der Waals surface area contributed by atoms with E-state index in [1.54, 1.807) is 0 Å². The average Bonchev–Trinajstić information content (AvgIpc) is 2.44. The highest BCUT2D eigenvalue weighted by Crippen LogP contribution is 2.28. The minimum Gasteiger partial charge on any atom is -0.493 e. The number of hydrogen-bond donors (Lipinski definition) is 1. The van der Waals surface area contributed by atoms with Gasteiger partial charge in [-0.25, -0.2) is 0 Å². The lowest BCUT2D eigenvalue weighted by atomic mass is 10.0. The van der Waals surface area contributed by atoms with Crippen LogP contribution in [0.25, 0.3) is 10.8 Å². The van der Waals surface area contributed by atoms with Gasteiger partial charge < -0.3 is 9.84 Å². The van der Waals surface area contributed by atoms with Crippen molar-refractivity contribution in [1.82, 2.24) is 0 Å². The highest BCUT2D eigenvalue weighted by molar-refractivity contribution is 5.87. The molecule has 102 valence electrons. The second-order valence-corrected chi connectivity index (χ2v) is 5.13. The Morgan fingerprint density at radius 2 is 1.95 bits per heavy atom. The van der Waals surface area contributed by atoms with Crippen molar-refractivity contribution in [2.75, 3.05) is 6.61 Å². The van der Waals surface area contributed by atoms with Gasteiger partial charge in [0.15, 0.2) is 0 Å². The SMILES string of the molecule is CCCC(C)COc1ccc2ccccc2c1CO. The van der Waals surface area contributed by atoms with Crippen LogP contribution >= 0.6 is 0 Å². The Labute approximate surface area is 115 Å². The summed E-state index contributed by atoms with van der Waals surface area (Å²) in [6, 6.07) is 12.1. The van der Waals surface area contributed by atoms with Gasteiger partial charge in [-0.15, -0.1) is 0 Å². The summed E-state index contributed by atoms with van der Waals surface area (Å²) in [5, 5.41) is 11.8. The summed E-state index contributed by atoms with van der Waals surface area (Å²) in [5.41, 5.74) is 0.891. The van der Waals surface area contributed by atoms with Crippen molar-refractivity contribution >= 4 is 10.8 Å². The van der Waals surface area contributed by atoms with Crippen LogP contribution in [-0.4, -0.2) is 11.7 Å². The van der Waals surface area contributed by atoms with Crippen LogP contribution in [0, 0.1) is 5.92 Å². The lowest BCUT2D eigenvalue weighted by molar-refractivity contribution is 0.235. The predicted molar refractivity (Wildman–Crippen MR) is 79.4 cm³/mol. The van der Waals surface area contributed by atoms with E-state index in [0.717, 1.165) is 22.1 Å². The fraction of sp³-hybridized carbons (Fsp3) is 0.412. The first-order chi connectivity index (χ1) is 9.26. The van der Waals surface area contributed by atoms with Gasteiger partial charge in [-0.05, 0) is 29.2 Å². The molecule has 2 nitrogen and oxygen atoms in total. The molecule has 0 amide bonds. The standard InChI is InChI=1S/C17H22O2/c1-3-6-13(2)12-19-17-10-9-14-7-4-5-8-15(14)16(17)11-18/h4-5,7-10,13,18H,3,6,11-12H2,1-2H3. The van der Waals surface area contributed by atoms with Crippen molar-refractivity contribution < 1.29 is 9.84 Å². The number of aliphatic hydroxyl groups is 1. The van der Waals surface area contributed by atoms with Crippen LogP contribution in [0.5, 0.6) is 5.75 Å². The molecule has 2 aromatic carbocycles. The molecule has 0 bridgehead atoms. The molecule has 0 saturated carbocycles. The topological polar surface area (TPSA) is 29.5 Å². The van der Waals surface area contributed by atoms with Gasteiger partial charge in [-0.3, -0.25) is 0 Å². The van der Waals surface area contributed by atoms with Crippen LogP contribution in [-0.2, 0) is 6.61 Å². The Hall–Kier alpha value is -1.54. The molecule has 0 heterocycles. The molecule has 1 atom stereocenters. The number of rotatable bonds is 6. The molecule has 0 aliphatic rings. The molecule has 1 N–H and O–H groups in total. The summed E-state index contributed by atoms with van der Waals surface area (Å²) < 4.78 is 5.89. The first kappa shape index (κ1) is 13.9. The van der Waals surface area contributed by atoms with E-state index in [2.05, 4.69) is 19.9 Å². The summed E-state index contributed by atoms with van der Waals surface area (Å²) in [6.07, 6.45) is 2.34. The summed E-state index contributed by atoms with van der Waals surface area (Å²) in [5.74, 6) is 1.35. The van der Waals surface area contributed by atoms with Gasteiger partial charge in [0, 0.05) is 5.56 Å².